The summed E-state index contributed by atoms with van der Waals surface area (Å²) in [6.45, 7) is 1.87. The van der Waals surface area contributed by atoms with Gasteiger partial charge in [-0.1, -0.05) is 11.6 Å². The van der Waals surface area contributed by atoms with Gasteiger partial charge in [0, 0.05) is 26.2 Å². The van der Waals surface area contributed by atoms with Crippen LogP contribution in [0.3, 0.4) is 0 Å². The number of halogens is 1. The lowest BCUT2D eigenvalue weighted by Crippen LogP contribution is -2.50. The number of amides is 1. The van der Waals surface area contributed by atoms with E-state index < -0.39 is 15.9 Å². The van der Waals surface area contributed by atoms with Crippen molar-refractivity contribution in [2.75, 3.05) is 32.7 Å². The lowest BCUT2D eigenvalue weighted by atomic mass is 10.3. The first-order valence-corrected chi connectivity index (χ1v) is 8.29. The molecule has 0 aromatic carbocycles. The molecule has 0 saturated carbocycles. The van der Waals surface area contributed by atoms with E-state index >= 15 is 0 Å². The number of nitrogens with zero attached hydrogens (tertiary/aromatic N) is 2. The zero-order chi connectivity index (χ0) is 14.0. The summed E-state index contributed by atoms with van der Waals surface area (Å²) in [6, 6.07) is 3.08. The van der Waals surface area contributed by atoms with Crippen LogP contribution in [0.15, 0.2) is 16.3 Å². The van der Waals surface area contributed by atoms with Crippen LogP contribution < -0.4 is 5.73 Å². The Morgan fingerprint density at radius 3 is 2.42 bits per heavy atom. The second-order valence-electron chi connectivity index (χ2n) is 4.21. The lowest BCUT2D eigenvalue weighted by Gasteiger charge is -2.32. The van der Waals surface area contributed by atoms with Gasteiger partial charge in [0.2, 0.25) is 5.91 Å². The van der Waals surface area contributed by atoms with E-state index in [1.54, 1.807) is 6.07 Å². The standard InChI is InChI=1S/C10H14ClN3O3S2/c11-8-1-2-10(18-8)19(16,17)14-5-3-13(4-6-14)7-9(12)15/h1-2H,3-7H2,(H2,12,15). The first-order chi connectivity index (χ1) is 8.89. The average Bonchev–Trinajstić information content (AvgIpc) is 2.76. The number of hydrogen-bond acceptors (Lipinski definition) is 5. The molecule has 1 aliphatic rings. The van der Waals surface area contributed by atoms with E-state index in [0.29, 0.717) is 30.5 Å². The fourth-order valence-corrected chi connectivity index (χ4v) is 4.97. The number of hydrogen-bond donors (Lipinski definition) is 1. The van der Waals surface area contributed by atoms with E-state index in [4.69, 9.17) is 17.3 Å². The van der Waals surface area contributed by atoms with Crippen molar-refractivity contribution >= 4 is 38.9 Å². The summed E-state index contributed by atoms with van der Waals surface area (Å²) in [6.07, 6.45) is 0. The number of carbonyl (C=O) groups is 1. The molecule has 0 atom stereocenters. The van der Waals surface area contributed by atoms with Gasteiger partial charge < -0.3 is 5.73 Å². The molecule has 9 heteroatoms. The Bertz CT molecular complexity index is 564. The summed E-state index contributed by atoms with van der Waals surface area (Å²) in [4.78, 5) is 12.6. The molecule has 0 aliphatic carbocycles. The zero-order valence-electron chi connectivity index (χ0n) is 10.1. The monoisotopic (exact) mass is 323 g/mol. The number of piperazine rings is 1. The minimum absolute atomic E-state index is 0.165. The predicted octanol–water partition coefficient (Wildman–Crippen LogP) is 0.193. The van der Waals surface area contributed by atoms with Crippen molar-refractivity contribution in [3.8, 4) is 0 Å². The Hall–Kier alpha value is -0.670. The van der Waals surface area contributed by atoms with Crippen LogP contribution in [-0.2, 0) is 14.8 Å². The highest BCUT2D eigenvalue weighted by Crippen LogP contribution is 2.28. The van der Waals surface area contributed by atoms with Gasteiger partial charge in [0.1, 0.15) is 4.21 Å². The fourth-order valence-electron chi connectivity index (χ4n) is 1.91. The molecule has 2 rings (SSSR count). The first-order valence-electron chi connectivity index (χ1n) is 5.66. The van der Waals surface area contributed by atoms with Crippen LogP contribution in [0.2, 0.25) is 4.34 Å². The maximum absolute atomic E-state index is 12.3. The highest BCUT2D eigenvalue weighted by molar-refractivity contribution is 7.91. The molecule has 19 heavy (non-hydrogen) atoms. The van der Waals surface area contributed by atoms with Crippen LogP contribution >= 0.6 is 22.9 Å². The van der Waals surface area contributed by atoms with Crippen molar-refractivity contribution in [3.63, 3.8) is 0 Å². The average molecular weight is 324 g/mol. The van der Waals surface area contributed by atoms with Gasteiger partial charge >= 0.3 is 0 Å². The van der Waals surface area contributed by atoms with Crippen LogP contribution in [0, 0.1) is 0 Å². The molecule has 1 amide bonds. The maximum atomic E-state index is 12.3. The molecule has 106 valence electrons. The van der Waals surface area contributed by atoms with Crippen LogP contribution in [0.25, 0.3) is 0 Å². The van der Waals surface area contributed by atoms with E-state index in [2.05, 4.69) is 0 Å². The molecule has 1 aromatic rings. The SMILES string of the molecule is NC(=O)CN1CCN(S(=O)(=O)c2ccc(Cl)s2)CC1. The number of sulfonamides is 1. The van der Waals surface area contributed by atoms with Gasteiger partial charge in [0.05, 0.1) is 10.9 Å². The summed E-state index contributed by atoms with van der Waals surface area (Å²) in [5.74, 6) is -0.402. The number of primary amides is 1. The lowest BCUT2D eigenvalue weighted by molar-refractivity contribution is -0.119. The molecule has 2 heterocycles. The Kier molecular flexibility index (Phi) is 4.46. The van der Waals surface area contributed by atoms with Gasteiger partial charge in [0.25, 0.3) is 10.0 Å². The van der Waals surface area contributed by atoms with Crippen LogP contribution in [0.5, 0.6) is 0 Å². The topological polar surface area (TPSA) is 83.7 Å². The van der Waals surface area contributed by atoms with Crippen molar-refractivity contribution in [1.82, 2.24) is 9.21 Å². The van der Waals surface area contributed by atoms with E-state index in [9.17, 15) is 13.2 Å². The molecule has 1 saturated heterocycles. The van der Waals surface area contributed by atoms with Gasteiger partial charge in [-0.25, -0.2) is 8.42 Å². The molecule has 1 aliphatic heterocycles. The molecule has 0 bridgehead atoms. The molecular formula is C10H14ClN3O3S2. The van der Waals surface area contributed by atoms with Crippen LogP contribution in [0.4, 0.5) is 0 Å². The van der Waals surface area contributed by atoms with E-state index in [1.165, 1.54) is 10.4 Å². The second kappa shape index (κ2) is 5.76. The van der Waals surface area contributed by atoms with Crippen LogP contribution in [-0.4, -0.2) is 56.3 Å². The minimum atomic E-state index is -3.47. The highest BCUT2D eigenvalue weighted by atomic mass is 35.5. The van der Waals surface area contributed by atoms with Gasteiger partial charge in [-0.3, -0.25) is 9.69 Å². The Morgan fingerprint density at radius 1 is 1.32 bits per heavy atom. The summed E-state index contributed by atoms with van der Waals surface area (Å²) < 4.78 is 26.7. The normalized spacial score (nSPS) is 18.6. The Balaban J connectivity index is 2.03. The van der Waals surface area contributed by atoms with Crippen molar-refractivity contribution in [3.05, 3.63) is 16.5 Å². The fraction of sp³-hybridized carbons (Fsp3) is 0.500. The number of rotatable bonds is 4. The number of thiophene rings is 1. The smallest absolute Gasteiger partial charge is 0.252 e. The molecule has 1 aromatic heterocycles. The largest absolute Gasteiger partial charge is 0.369 e. The van der Waals surface area contributed by atoms with E-state index in [0.717, 1.165) is 11.3 Å². The third-order valence-corrected chi connectivity index (χ3v) is 6.45. The molecular weight excluding hydrogens is 310 g/mol. The Labute approximate surface area is 120 Å². The summed E-state index contributed by atoms with van der Waals surface area (Å²) in [7, 11) is -3.47. The molecule has 0 radical (unpaired) electrons. The van der Waals surface area contributed by atoms with Crippen molar-refractivity contribution < 1.29 is 13.2 Å². The summed E-state index contributed by atoms with van der Waals surface area (Å²) >= 11 is 6.81. The molecule has 1 fully saturated rings. The minimum Gasteiger partial charge on any atom is -0.369 e. The second-order valence-corrected chi connectivity index (χ2v) is 8.08. The molecule has 6 nitrogen and oxygen atoms in total. The van der Waals surface area contributed by atoms with E-state index in [-0.39, 0.29) is 10.8 Å². The molecule has 0 unspecified atom stereocenters. The van der Waals surface area contributed by atoms with Gasteiger partial charge in [-0.05, 0) is 12.1 Å². The van der Waals surface area contributed by atoms with Gasteiger partial charge in [0.15, 0.2) is 0 Å². The Morgan fingerprint density at radius 2 is 1.95 bits per heavy atom. The summed E-state index contributed by atoms with van der Waals surface area (Å²) in [5, 5.41) is 0. The number of nitrogens with two attached hydrogens (primary N) is 1. The first kappa shape index (κ1) is 14.7. The van der Waals surface area contributed by atoms with E-state index in [1.807, 2.05) is 4.90 Å². The van der Waals surface area contributed by atoms with Crippen molar-refractivity contribution in [2.45, 2.75) is 4.21 Å². The third-order valence-electron chi connectivity index (χ3n) is 2.85. The quantitative estimate of drug-likeness (QED) is 0.857. The van der Waals surface area contributed by atoms with Gasteiger partial charge in [-0.2, -0.15) is 4.31 Å². The van der Waals surface area contributed by atoms with Gasteiger partial charge in [-0.15, -0.1) is 11.3 Å². The van der Waals surface area contributed by atoms with Crippen LogP contribution in [0.1, 0.15) is 0 Å². The molecule has 0 spiro atoms. The predicted molar refractivity (Wildman–Crippen MR) is 73.7 cm³/mol. The van der Waals surface area contributed by atoms with Crippen molar-refractivity contribution in [1.29, 1.82) is 0 Å². The van der Waals surface area contributed by atoms with Crippen molar-refractivity contribution in [2.24, 2.45) is 5.73 Å². The number of carbonyl (C=O) groups excluding carboxylic acids is 1. The maximum Gasteiger partial charge on any atom is 0.252 e. The highest BCUT2D eigenvalue weighted by Gasteiger charge is 2.29. The third kappa shape index (κ3) is 3.46. The summed E-state index contributed by atoms with van der Waals surface area (Å²) in [5.41, 5.74) is 5.11. The molecule has 2 N–H and O–H groups in total. The zero-order valence-corrected chi connectivity index (χ0v) is 12.5.